The van der Waals surface area contributed by atoms with E-state index >= 15 is 0 Å². The molecule has 0 spiro atoms. The van der Waals surface area contributed by atoms with Crippen molar-refractivity contribution in [1.29, 1.82) is 0 Å². The van der Waals surface area contributed by atoms with E-state index in [1.807, 2.05) is 0 Å². The number of ether oxygens (including phenoxy) is 1. The average Bonchev–Trinajstić information content (AvgIpc) is 2.46. The van der Waals surface area contributed by atoms with Crippen molar-refractivity contribution < 1.29 is 4.74 Å². The van der Waals surface area contributed by atoms with Gasteiger partial charge in [0, 0.05) is 36.7 Å². The van der Waals surface area contributed by atoms with Crippen LogP contribution in [0.4, 0.5) is 0 Å². The number of hydrogen-bond donors (Lipinski definition) is 0. The van der Waals surface area contributed by atoms with E-state index in [9.17, 15) is 0 Å². The molecule has 2 aliphatic rings. The molecule has 0 aromatic carbocycles. The highest BCUT2D eigenvalue weighted by Crippen LogP contribution is 2.38. The van der Waals surface area contributed by atoms with E-state index in [2.05, 4.69) is 27.8 Å². The largest absolute Gasteiger partial charge is 0.382 e. The van der Waals surface area contributed by atoms with Gasteiger partial charge in [-0.3, -0.25) is 4.90 Å². The van der Waals surface area contributed by atoms with Crippen molar-refractivity contribution in [2.45, 2.75) is 55.9 Å². The summed E-state index contributed by atoms with van der Waals surface area (Å²) in [5.74, 6) is 0. The molecule has 2 saturated heterocycles. The minimum Gasteiger partial charge on any atom is -0.382 e. The fourth-order valence-corrected chi connectivity index (χ4v) is 3.93. The molecular weight excluding hydrogens is 254 g/mol. The standard InChI is InChI=1S/C12H22BrNO/c1-2-15-7-3-6-14-11-4-5-12(14)9-10(13)8-11/h10-12H,2-9H2,1H3. The topological polar surface area (TPSA) is 12.5 Å². The SMILES string of the molecule is CCOCCCN1C2CCC1CC(Br)C2. The second-order valence-corrected chi connectivity index (χ2v) is 6.04. The monoisotopic (exact) mass is 275 g/mol. The van der Waals surface area contributed by atoms with E-state index in [-0.39, 0.29) is 0 Å². The summed E-state index contributed by atoms with van der Waals surface area (Å²) in [7, 11) is 0. The molecule has 2 atom stereocenters. The highest BCUT2D eigenvalue weighted by atomic mass is 79.9. The highest BCUT2D eigenvalue weighted by Gasteiger charge is 2.39. The first kappa shape index (κ1) is 11.9. The summed E-state index contributed by atoms with van der Waals surface area (Å²) in [6.45, 7) is 5.11. The third-order valence-corrected chi connectivity index (χ3v) is 4.48. The summed E-state index contributed by atoms with van der Waals surface area (Å²) in [5, 5.41) is 0. The van der Waals surface area contributed by atoms with E-state index in [1.165, 1.54) is 38.6 Å². The summed E-state index contributed by atoms with van der Waals surface area (Å²) in [5.41, 5.74) is 0. The van der Waals surface area contributed by atoms with E-state index in [4.69, 9.17) is 4.74 Å². The summed E-state index contributed by atoms with van der Waals surface area (Å²) < 4.78 is 5.40. The lowest BCUT2D eigenvalue weighted by atomic mass is 10.0. The lowest BCUT2D eigenvalue weighted by molar-refractivity contribution is 0.103. The van der Waals surface area contributed by atoms with Crippen molar-refractivity contribution in [2.75, 3.05) is 19.8 Å². The van der Waals surface area contributed by atoms with Gasteiger partial charge < -0.3 is 4.74 Å². The Hall–Kier alpha value is 0.400. The van der Waals surface area contributed by atoms with Crippen LogP contribution in [0, 0.1) is 0 Å². The van der Waals surface area contributed by atoms with Crippen LogP contribution < -0.4 is 0 Å². The van der Waals surface area contributed by atoms with Crippen molar-refractivity contribution >= 4 is 15.9 Å². The highest BCUT2D eigenvalue weighted by molar-refractivity contribution is 9.09. The maximum absolute atomic E-state index is 5.40. The van der Waals surface area contributed by atoms with Crippen molar-refractivity contribution in [1.82, 2.24) is 4.90 Å². The number of fused-ring (bicyclic) bond motifs is 2. The molecule has 2 fully saturated rings. The van der Waals surface area contributed by atoms with Crippen molar-refractivity contribution in [3.63, 3.8) is 0 Å². The van der Waals surface area contributed by atoms with Gasteiger partial charge in [0.1, 0.15) is 0 Å². The molecule has 0 amide bonds. The van der Waals surface area contributed by atoms with Gasteiger partial charge in [-0.1, -0.05) is 15.9 Å². The smallest absolute Gasteiger partial charge is 0.0478 e. The van der Waals surface area contributed by atoms with Crippen LogP contribution in [-0.2, 0) is 4.74 Å². The summed E-state index contributed by atoms with van der Waals surface area (Å²) in [6.07, 6.45) is 6.74. The van der Waals surface area contributed by atoms with Crippen LogP contribution >= 0.6 is 15.9 Å². The van der Waals surface area contributed by atoms with E-state index in [0.29, 0.717) is 0 Å². The summed E-state index contributed by atoms with van der Waals surface area (Å²) >= 11 is 3.78. The molecular formula is C12H22BrNO. The number of piperidine rings is 1. The first-order valence-electron chi connectivity index (χ1n) is 6.28. The first-order valence-corrected chi connectivity index (χ1v) is 7.20. The van der Waals surface area contributed by atoms with Gasteiger partial charge in [-0.2, -0.15) is 0 Å². The maximum atomic E-state index is 5.40. The molecule has 3 heteroatoms. The van der Waals surface area contributed by atoms with Gasteiger partial charge in [-0.05, 0) is 39.0 Å². The van der Waals surface area contributed by atoms with Crippen molar-refractivity contribution in [2.24, 2.45) is 0 Å². The molecule has 0 saturated carbocycles. The molecule has 2 bridgehead atoms. The third kappa shape index (κ3) is 2.95. The molecule has 0 radical (unpaired) electrons. The lowest BCUT2D eigenvalue weighted by Gasteiger charge is -2.37. The Morgan fingerprint density at radius 2 is 1.93 bits per heavy atom. The molecule has 0 aromatic heterocycles. The Morgan fingerprint density at radius 1 is 1.27 bits per heavy atom. The second kappa shape index (κ2) is 5.65. The van der Waals surface area contributed by atoms with Crippen molar-refractivity contribution in [3.05, 3.63) is 0 Å². The molecule has 2 aliphatic heterocycles. The van der Waals surface area contributed by atoms with Gasteiger partial charge in [0.2, 0.25) is 0 Å². The predicted octanol–water partition coefficient (Wildman–Crippen LogP) is 2.80. The molecule has 2 unspecified atom stereocenters. The van der Waals surface area contributed by atoms with Crippen LogP contribution in [0.1, 0.15) is 39.0 Å². The van der Waals surface area contributed by atoms with Crippen LogP contribution in [-0.4, -0.2) is 41.6 Å². The molecule has 88 valence electrons. The maximum Gasteiger partial charge on any atom is 0.0478 e. The van der Waals surface area contributed by atoms with Crippen LogP contribution in [0.2, 0.25) is 0 Å². The molecule has 0 aromatic rings. The van der Waals surface area contributed by atoms with Gasteiger partial charge >= 0.3 is 0 Å². The fraction of sp³-hybridized carbons (Fsp3) is 1.00. The van der Waals surface area contributed by atoms with Crippen LogP contribution in [0.3, 0.4) is 0 Å². The number of hydrogen-bond acceptors (Lipinski definition) is 2. The Labute approximate surface area is 101 Å². The van der Waals surface area contributed by atoms with E-state index in [1.54, 1.807) is 0 Å². The van der Waals surface area contributed by atoms with Gasteiger partial charge in [0.25, 0.3) is 0 Å². The van der Waals surface area contributed by atoms with Gasteiger partial charge in [0.05, 0.1) is 0 Å². The predicted molar refractivity (Wildman–Crippen MR) is 66.6 cm³/mol. The number of nitrogens with zero attached hydrogens (tertiary/aromatic N) is 1. The van der Waals surface area contributed by atoms with Crippen LogP contribution in [0.5, 0.6) is 0 Å². The third-order valence-electron chi connectivity index (χ3n) is 3.74. The molecule has 2 rings (SSSR count). The Bertz CT molecular complexity index is 186. The van der Waals surface area contributed by atoms with E-state index < -0.39 is 0 Å². The Kier molecular flexibility index (Phi) is 4.47. The fourth-order valence-electron chi connectivity index (χ4n) is 3.07. The van der Waals surface area contributed by atoms with Gasteiger partial charge in [0.15, 0.2) is 0 Å². The van der Waals surface area contributed by atoms with Crippen molar-refractivity contribution in [3.8, 4) is 0 Å². The number of halogens is 1. The summed E-state index contributed by atoms with van der Waals surface area (Å²) in [4.78, 5) is 3.51. The first-order chi connectivity index (χ1) is 7.31. The van der Waals surface area contributed by atoms with Crippen LogP contribution in [0.25, 0.3) is 0 Å². The summed E-state index contributed by atoms with van der Waals surface area (Å²) in [6, 6.07) is 1.71. The molecule has 2 heterocycles. The molecule has 0 aliphatic carbocycles. The van der Waals surface area contributed by atoms with Crippen LogP contribution in [0.15, 0.2) is 0 Å². The van der Waals surface area contributed by atoms with Gasteiger partial charge in [-0.25, -0.2) is 0 Å². The Morgan fingerprint density at radius 3 is 2.53 bits per heavy atom. The zero-order valence-electron chi connectivity index (χ0n) is 9.62. The van der Waals surface area contributed by atoms with Gasteiger partial charge in [-0.15, -0.1) is 0 Å². The zero-order chi connectivity index (χ0) is 10.7. The lowest BCUT2D eigenvalue weighted by Crippen LogP contribution is -2.43. The number of alkyl halides is 1. The zero-order valence-corrected chi connectivity index (χ0v) is 11.2. The Balaban J connectivity index is 1.74. The molecule has 2 nitrogen and oxygen atoms in total. The number of rotatable bonds is 5. The molecule has 0 N–H and O–H groups in total. The molecule has 15 heavy (non-hydrogen) atoms. The quantitative estimate of drug-likeness (QED) is 0.565. The minimum atomic E-state index is 0.776. The second-order valence-electron chi connectivity index (χ2n) is 4.74. The normalized spacial score (nSPS) is 36.0. The minimum absolute atomic E-state index is 0.776. The average molecular weight is 276 g/mol. The van der Waals surface area contributed by atoms with E-state index in [0.717, 1.165) is 30.1 Å².